The molecule has 8 heteroatoms. The maximum Gasteiger partial charge on any atom is 0.330 e. The van der Waals surface area contributed by atoms with E-state index in [1.165, 1.54) is 6.20 Å². The largest absolute Gasteiger partial charge is 0.394 e. The van der Waals surface area contributed by atoms with E-state index >= 15 is 0 Å². The van der Waals surface area contributed by atoms with Gasteiger partial charge in [0.25, 0.3) is 5.56 Å². The SMILES string of the molecule is CCc1ccccc1-c1cn([C@@H]2O[C@H](CO)[C@@H](O)[C@H]2O)c(=O)[nH]c1=O. The molecule has 0 spiro atoms. The zero-order chi connectivity index (χ0) is 18.1. The zero-order valence-electron chi connectivity index (χ0n) is 13.6. The molecular weight excluding hydrogens is 328 g/mol. The lowest BCUT2D eigenvalue weighted by Crippen LogP contribution is -2.38. The smallest absolute Gasteiger partial charge is 0.330 e. The Labute approximate surface area is 143 Å². The third-order valence-electron chi connectivity index (χ3n) is 4.45. The van der Waals surface area contributed by atoms with Gasteiger partial charge in [-0.25, -0.2) is 4.79 Å². The average Bonchev–Trinajstić information content (AvgIpc) is 2.90. The number of ether oxygens (including phenoxy) is 1. The van der Waals surface area contributed by atoms with E-state index in [4.69, 9.17) is 4.74 Å². The van der Waals surface area contributed by atoms with Crippen LogP contribution in [-0.2, 0) is 11.2 Å². The van der Waals surface area contributed by atoms with Gasteiger partial charge >= 0.3 is 5.69 Å². The van der Waals surface area contributed by atoms with E-state index < -0.39 is 42.4 Å². The molecule has 1 aromatic heterocycles. The Morgan fingerprint density at radius 3 is 2.52 bits per heavy atom. The highest BCUT2D eigenvalue weighted by atomic mass is 16.6. The van der Waals surface area contributed by atoms with Crippen molar-refractivity contribution in [1.82, 2.24) is 9.55 Å². The van der Waals surface area contributed by atoms with Gasteiger partial charge in [-0.1, -0.05) is 31.2 Å². The van der Waals surface area contributed by atoms with Gasteiger partial charge in [-0.05, 0) is 17.5 Å². The molecule has 0 radical (unpaired) electrons. The minimum atomic E-state index is -1.41. The Bertz CT molecular complexity index is 874. The van der Waals surface area contributed by atoms with E-state index in [0.29, 0.717) is 12.0 Å². The molecule has 134 valence electrons. The Kier molecular flexibility index (Phi) is 4.87. The highest BCUT2D eigenvalue weighted by Crippen LogP contribution is 2.29. The van der Waals surface area contributed by atoms with Gasteiger partial charge in [0.2, 0.25) is 0 Å². The molecule has 1 saturated heterocycles. The lowest BCUT2D eigenvalue weighted by atomic mass is 10.0. The summed E-state index contributed by atoms with van der Waals surface area (Å²) in [6.07, 6.45) is -2.94. The summed E-state index contributed by atoms with van der Waals surface area (Å²) >= 11 is 0. The van der Waals surface area contributed by atoms with E-state index in [-0.39, 0.29) is 5.56 Å². The average molecular weight is 348 g/mol. The van der Waals surface area contributed by atoms with Crippen LogP contribution in [0.3, 0.4) is 0 Å². The normalized spacial score (nSPS) is 26.1. The van der Waals surface area contributed by atoms with Crippen molar-refractivity contribution in [2.45, 2.75) is 37.9 Å². The number of aromatic nitrogens is 2. The van der Waals surface area contributed by atoms with Crippen LogP contribution in [0.4, 0.5) is 0 Å². The molecule has 0 aliphatic carbocycles. The number of aromatic amines is 1. The number of H-pyrrole nitrogens is 1. The van der Waals surface area contributed by atoms with Crippen molar-refractivity contribution in [1.29, 1.82) is 0 Å². The molecule has 1 aliphatic heterocycles. The molecule has 0 bridgehead atoms. The fraction of sp³-hybridized carbons (Fsp3) is 0.412. The molecule has 0 unspecified atom stereocenters. The molecule has 3 rings (SSSR count). The Hall–Kier alpha value is -2.26. The quantitative estimate of drug-likeness (QED) is 0.583. The van der Waals surface area contributed by atoms with Gasteiger partial charge in [0.15, 0.2) is 6.23 Å². The van der Waals surface area contributed by atoms with Crippen molar-refractivity contribution >= 4 is 0 Å². The minimum absolute atomic E-state index is 0.259. The molecule has 25 heavy (non-hydrogen) atoms. The number of rotatable bonds is 4. The molecule has 2 aromatic rings. The number of hydrogen-bond donors (Lipinski definition) is 4. The van der Waals surface area contributed by atoms with Crippen molar-refractivity contribution in [2.24, 2.45) is 0 Å². The molecular formula is C17H20N2O6. The minimum Gasteiger partial charge on any atom is -0.394 e. The third kappa shape index (κ3) is 3.05. The number of aliphatic hydroxyl groups excluding tert-OH is 3. The molecule has 0 saturated carbocycles. The van der Waals surface area contributed by atoms with Crippen LogP contribution >= 0.6 is 0 Å². The van der Waals surface area contributed by atoms with Gasteiger partial charge in [0, 0.05) is 6.20 Å². The first kappa shape index (κ1) is 17.6. The molecule has 4 N–H and O–H groups in total. The third-order valence-corrected chi connectivity index (χ3v) is 4.45. The maximum atomic E-state index is 12.3. The highest BCUT2D eigenvalue weighted by Gasteiger charge is 2.43. The van der Waals surface area contributed by atoms with Crippen LogP contribution in [0.2, 0.25) is 0 Å². The van der Waals surface area contributed by atoms with Crippen molar-refractivity contribution in [3.63, 3.8) is 0 Å². The molecule has 1 aliphatic rings. The fourth-order valence-electron chi connectivity index (χ4n) is 3.07. The summed E-state index contributed by atoms with van der Waals surface area (Å²) in [6.45, 7) is 1.45. The topological polar surface area (TPSA) is 125 Å². The second-order valence-corrected chi connectivity index (χ2v) is 5.95. The van der Waals surface area contributed by atoms with Crippen LogP contribution in [-0.4, -0.2) is 49.8 Å². The standard InChI is InChI=1S/C17H20N2O6/c1-2-9-5-3-4-6-10(9)11-7-19(17(24)18-15(11)23)16-14(22)13(21)12(8-20)25-16/h3-7,12-14,16,20-22H,2,8H2,1H3,(H,18,23,24)/t12-,13-,14-,16-/m1/s1. The second-order valence-electron chi connectivity index (χ2n) is 5.95. The lowest BCUT2D eigenvalue weighted by molar-refractivity contribution is -0.0549. The van der Waals surface area contributed by atoms with Gasteiger partial charge < -0.3 is 20.1 Å². The van der Waals surface area contributed by atoms with Crippen LogP contribution < -0.4 is 11.2 Å². The van der Waals surface area contributed by atoms with Gasteiger partial charge in [-0.3, -0.25) is 14.3 Å². The summed E-state index contributed by atoms with van der Waals surface area (Å²) in [5, 5.41) is 29.2. The first-order valence-electron chi connectivity index (χ1n) is 8.04. The number of benzene rings is 1. The maximum absolute atomic E-state index is 12.3. The molecule has 1 aromatic carbocycles. The molecule has 1 fully saturated rings. The number of aliphatic hydroxyl groups is 3. The molecule has 8 nitrogen and oxygen atoms in total. The van der Waals surface area contributed by atoms with Crippen molar-refractivity contribution in [3.05, 3.63) is 56.9 Å². The molecule has 0 amide bonds. The molecule has 4 atom stereocenters. The van der Waals surface area contributed by atoms with Gasteiger partial charge in [-0.2, -0.15) is 0 Å². The fourth-order valence-corrected chi connectivity index (χ4v) is 3.07. The predicted octanol–water partition coefficient (Wildman–Crippen LogP) is -0.623. The summed E-state index contributed by atoms with van der Waals surface area (Å²) in [5.74, 6) is 0. The van der Waals surface area contributed by atoms with Gasteiger partial charge in [0.05, 0.1) is 12.2 Å². The second kappa shape index (κ2) is 6.93. The van der Waals surface area contributed by atoms with E-state index in [0.717, 1.165) is 10.1 Å². The van der Waals surface area contributed by atoms with Gasteiger partial charge in [0.1, 0.15) is 18.3 Å². The summed E-state index contributed by atoms with van der Waals surface area (Å²) < 4.78 is 6.41. The van der Waals surface area contributed by atoms with Crippen LogP contribution in [0.5, 0.6) is 0 Å². The van der Waals surface area contributed by atoms with Crippen LogP contribution in [0, 0.1) is 0 Å². The Morgan fingerprint density at radius 1 is 1.16 bits per heavy atom. The summed E-state index contributed by atoms with van der Waals surface area (Å²) in [5.41, 5.74) is 0.548. The summed E-state index contributed by atoms with van der Waals surface area (Å²) in [7, 11) is 0. The first-order chi connectivity index (χ1) is 12.0. The Balaban J connectivity index is 2.12. The van der Waals surface area contributed by atoms with Crippen LogP contribution in [0.1, 0.15) is 18.7 Å². The number of nitrogens with zero attached hydrogens (tertiary/aromatic N) is 1. The van der Waals surface area contributed by atoms with E-state index in [9.17, 15) is 24.9 Å². The van der Waals surface area contributed by atoms with Crippen LogP contribution in [0.25, 0.3) is 11.1 Å². The van der Waals surface area contributed by atoms with E-state index in [1.807, 2.05) is 19.1 Å². The van der Waals surface area contributed by atoms with Crippen LogP contribution in [0.15, 0.2) is 40.1 Å². The van der Waals surface area contributed by atoms with E-state index in [2.05, 4.69) is 4.98 Å². The number of nitrogens with one attached hydrogen (secondary N) is 1. The monoisotopic (exact) mass is 348 g/mol. The number of aryl methyl sites for hydroxylation is 1. The zero-order valence-corrected chi connectivity index (χ0v) is 13.6. The number of hydrogen-bond acceptors (Lipinski definition) is 6. The van der Waals surface area contributed by atoms with Crippen molar-refractivity contribution in [2.75, 3.05) is 6.61 Å². The Morgan fingerprint density at radius 2 is 1.88 bits per heavy atom. The van der Waals surface area contributed by atoms with Crippen molar-refractivity contribution < 1.29 is 20.1 Å². The highest BCUT2D eigenvalue weighted by molar-refractivity contribution is 5.65. The summed E-state index contributed by atoms with van der Waals surface area (Å²) in [4.78, 5) is 26.7. The molecule has 2 heterocycles. The van der Waals surface area contributed by atoms with Crippen molar-refractivity contribution in [3.8, 4) is 11.1 Å². The van der Waals surface area contributed by atoms with Gasteiger partial charge in [-0.15, -0.1) is 0 Å². The van der Waals surface area contributed by atoms with E-state index in [1.54, 1.807) is 12.1 Å². The summed E-state index contributed by atoms with van der Waals surface area (Å²) in [6, 6.07) is 7.31. The first-order valence-corrected chi connectivity index (χ1v) is 8.04. The predicted molar refractivity (Wildman–Crippen MR) is 89.1 cm³/mol. The lowest BCUT2D eigenvalue weighted by Gasteiger charge is -2.18.